The number of hydrogen-bond donors (Lipinski definition) is 1. The monoisotopic (exact) mass is 260 g/mol. The van der Waals surface area contributed by atoms with E-state index in [1.165, 1.54) is 0 Å². The van der Waals surface area contributed by atoms with Gasteiger partial charge < -0.3 is 15.0 Å². The van der Waals surface area contributed by atoms with E-state index in [1.54, 1.807) is 7.11 Å². The number of fused-ring (bicyclic) bond motifs is 1. The van der Waals surface area contributed by atoms with Crippen LogP contribution in [0, 0.1) is 11.8 Å². The van der Waals surface area contributed by atoms with Gasteiger partial charge in [0.25, 0.3) is 5.91 Å². The molecule has 0 unspecified atom stereocenters. The highest BCUT2D eigenvalue weighted by Crippen LogP contribution is 2.27. The van der Waals surface area contributed by atoms with Gasteiger partial charge in [0.15, 0.2) is 0 Å². The molecule has 19 heavy (non-hydrogen) atoms. The van der Waals surface area contributed by atoms with Crippen LogP contribution in [0.3, 0.4) is 0 Å². The minimum atomic E-state index is 0.165. The number of carbonyl (C=O) groups excluding carboxylic acids is 1. The lowest BCUT2D eigenvalue weighted by atomic mass is 10.0. The highest BCUT2D eigenvalue weighted by Gasteiger charge is 2.38. The SMILES string of the molecule is COCc1ccc(C(=O)N2C[C@H]3CNC[C@H]3C2)cc1. The molecule has 1 aromatic carbocycles. The molecule has 0 saturated carbocycles. The molecule has 2 saturated heterocycles. The Morgan fingerprint density at radius 3 is 2.47 bits per heavy atom. The van der Waals surface area contributed by atoms with Gasteiger partial charge in [-0.1, -0.05) is 12.1 Å². The molecule has 2 fully saturated rings. The molecule has 1 amide bonds. The Labute approximate surface area is 113 Å². The number of ether oxygens (including phenoxy) is 1. The van der Waals surface area contributed by atoms with Crippen molar-refractivity contribution in [3.8, 4) is 0 Å². The lowest BCUT2D eigenvalue weighted by molar-refractivity contribution is 0.0781. The quantitative estimate of drug-likeness (QED) is 0.885. The maximum Gasteiger partial charge on any atom is 0.253 e. The van der Waals surface area contributed by atoms with Crippen LogP contribution < -0.4 is 5.32 Å². The largest absolute Gasteiger partial charge is 0.380 e. The van der Waals surface area contributed by atoms with Crippen molar-refractivity contribution in [2.45, 2.75) is 6.61 Å². The highest BCUT2D eigenvalue weighted by atomic mass is 16.5. The summed E-state index contributed by atoms with van der Waals surface area (Å²) in [7, 11) is 1.68. The fourth-order valence-corrected chi connectivity index (χ4v) is 3.11. The molecular formula is C15H20N2O2. The summed E-state index contributed by atoms with van der Waals surface area (Å²) >= 11 is 0. The fraction of sp³-hybridized carbons (Fsp3) is 0.533. The summed E-state index contributed by atoms with van der Waals surface area (Å²) < 4.78 is 5.08. The van der Waals surface area contributed by atoms with Crippen LogP contribution in [0.2, 0.25) is 0 Å². The molecule has 0 aromatic heterocycles. The molecule has 0 aliphatic carbocycles. The number of hydrogen-bond acceptors (Lipinski definition) is 3. The van der Waals surface area contributed by atoms with Crippen LogP contribution in [-0.4, -0.2) is 44.1 Å². The van der Waals surface area contributed by atoms with Crippen molar-refractivity contribution >= 4 is 5.91 Å². The molecule has 0 bridgehead atoms. The second-order valence-corrected chi connectivity index (χ2v) is 5.52. The average molecular weight is 260 g/mol. The second kappa shape index (κ2) is 5.31. The molecule has 2 atom stereocenters. The standard InChI is InChI=1S/C15H20N2O2/c1-19-10-11-2-4-12(5-3-11)15(18)17-8-13-6-16-7-14(13)9-17/h2-5,13-14,16H,6-10H2,1H3/t13-,14+. The summed E-state index contributed by atoms with van der Waals surface area (Å²) in [4.78, 5) is 14.4. The summed E-state index contributed by atoms with van der Waals surface area (Å²) in [5.74, 6) is 1.46. The zero-order chi connectivity index (χ0) is 13.2. The Kier molecular flexibility index (Phi) is 3.53. The maximum atomic E-state index is 12.4. The first-order valence-electron chi connectivity index (χ1n) is 6.86. The van der Waals surface area contributed by atoms with E-state index in [1.807, 2.05) is 29.2 Å². The first-order chi connectivity index (χ1) is 9.28. The maximum absolute atomic E-state index is 12.4. The van der Waals surface area contributed by atoms with Gasteiger partial charge >= 0.3 is 0 Å². The molecule has 2 aliphatic heterocycles. The Morgan fingerprint density at radius 1 is 1.26 bits per heavy atom. The van der Waals surface area contributed by atoms with Crippen LogP contribution in [0.15, 0.2) is 24.3 Å². The molecule has 4 nitrogen and oxygen atoms in total. The van der Waals surface area contributed by atoms with Gasteiger partial charge in [-0.3, -0.25) is 4.79 Å². The van der Waals surface area contributed by atoms with E-state index < -0.39 is 0 Å². The Bertz CT molecular complexity index is 446. The van der Waals surface area contributed by atoms with Crippen LogP contribution in [0.4, 0.5) is 0 Å². The van der Waals surface area contributed by atoms with E-state index in [9.17, 15) is 4.79 Å². The number of likely N-dealkylation sites (tertiary alicyclic amines) is 1. The van der Waals surface area contributed by atoms with Crippen LogP contribution in [0.25, 0.3) is 0 Å². The Hall–Kier alpha value is -1.39. The van der Waals surface area contributed by atoms with Crippen molar-refractivity contribution in [3.63, 3.8) is 0 Å². The average Bonchev–Trinajstić information content (AvgIpc) is 3.00. The summed E-state index contributed by atoms with van der Waals surface area (Å²) in [5, 5.41) is 3.39. The minimum Gasteiger partial charge on any atom is -0.380 e. The molecule has 1 N–H and O–H groups in total. The van der Waals surface area contributed by atoms with Gasteiger partial charge in [-0.15, -0.1) is 0 Å². The fourth-order valence-electron chi connectivity index (χ4n) is 3.11. The molecule has 1 aromatic rings. The summed E-state index contributed by atoms with van der Waals surface area (Å²) in [6.45, 7) is 4.50. The molecule has 0 spiro atoms. The predicted octanol–water partition coefficient (Wildman–Crippen LogP) is 1.12. The Morgan fingerprint density at radius 2 is 1.89 bits per heavy atom. The molecule has 102 valence electrons. The summed E-state index contributed by atoms with van der Waals surface area (Å²) in [5.41, 5.74) is 1.88. The number of benzene rings is 1. The van der Waals surface area contributed by atoms with Crippen molar-refractivity contribution in [1.82, 2.24) is 10.2 Å². The van der Waals surface area contributed by atoms with Gasteiger partial charge in [-0.25, -0.2) is 0 Å². The van der Waals surface area contributed by atoms with Crippen molar-refractivity contribution in [1.29, 1.82) is 0 Å². The van der Waals surface area contributed by atoms with Crippen molar-refractivity contribution in [2.75, 3.05) is 33.3 Å². The first kappa shape index (κ1) is 12.6. The lowest BCUT2D eigenvalue weighted by Gasteiger charge is -2.17. The zero-order valence-electron chi connectivity index (χ0n) is 11.3. The number of methoxy groups -OCH3 is 1. The summed E-state index contributed by atoms with van der Waals surface area (Å²) in [6, 6.07) is 7.75. The predicted molar refractivity (Wildman–Crippen MR) is 72.9 cm³/mol. The van der Waals surface area contributed by atoms with E-state index in [4.69, 9.17) is 4.74 Å². The molecule has 2 heterocycles. The molecule has 4 heteroatoms. The van der Waals surface area contributed by atoms with Gasteiger partial charge in [-0.2, -0.15) is 0 Å². The first-order valence-corrected chi connectivity index (χ1v) is 6.86. The number of rotatable bonds is 3. The van der Waals surface area contributed by atoms with E-state index in [0.29, 0.717) is 18.4 Å². The Balaban J connectivity index is 1.67. The number of amides is 1. The third-order valence-electron chi connectivity index (χ3n) is 4.19. The zero-order valence-corrected chi connectivity index (χ0v) is 11.3. The molecule has 0 radical (unpaired) electrons. The van der Waals surface area contributed by atoms with E-state index in [2.05, 4.69) is 5.32 Å². The topological polar surface area (TPSA) is 41.6 Å². The molecular weight excluding hydrogens is 240 g/mol. The number of nitrogens with zero attached hydrogens (tertiary/aromatic N) is 1. The van der Waals surface area contributed by atoms with Gasteiger partial charge in [0.2, 0.25) is 0 Å². The van der Waals surface area contributed by atoms with E-state index in [0.717, 1.165) is 37.3 Å². The second-order valence-electron chi connectivity index (χ2n) is 5.52. The van der Waals surface area contributed by atoms with Crippen molar-refractivity contribution in [3.05, 3.63) is 35.4 Å². The molecule has 3 rings (SSSR count). The third kappa shape index (κ3) is 2.51. The van der Waals surface area contributed by atoms with Crippen molar-refractivity contribution < 1.29 is 9.53 Å². The highest BCUT2D eigenvalue weighted by molar-refractivity contribution is 5.94. The number of carbonyl (C=O) groups is 1. The third-order valence-corrected chi connectivity index (χ3v) is 4.19. The van der Waals surface area contributed by atoms with E-state index in [-0.39, 0.29) is 5.91 Å². The van der Waals surface area contributed by atoms with E-state index >= 15 is 0 Å². The minimum absolute atomic E-state index is 0.165. The lowest BCUT2D eigenvalue weighted by Crippen LogP contribution is -2.31. The van der Waals surface area contributed by atoms with Gasteiger partial charge in [0, 0.05) is 38.9 Å². The van der Waals surface area contributed by atoms with Crippen LogP contribution in [0.1, 0.15) is 15.9 Å². The van der Waals surface area contributed by atoms with Gasteiger partial charge in [-0.05, 0) is 29.5 Å². The summed E-state index contributed by atoms with van der Waals surface area (Å²) in [6.07, 6.45) is 0. The van der Waals surface area contributed by atoms with Crippen molar-refractivity contribution in [2.24, 2.45) is 11.8 Å². The van der Waals surface area contributed by atoms with Crippen LogP contribution in [0.5, 0.6) is 0 Å². The van der Waals surface area contributed by atoms with Crippen LogP contribution in [-0.2, 0) is 11.3 Å². The van der Waals surface area contributed by atoms with Crippen LogP contribution >= 0.6 is 0 Å². The number of nitrogens with one attached hydrogen (secondary N) is 1. The van der Waals surface area contributed by atoms with Gasteiger partial charge in [0.1, 0.15) is 0 Å². The normalized spacial score (nSPS) is 25.6. The smallest absolute Gasteiger partial charge is 0.253 e. The molecule has 2 aliphatic rings. The van der Waals surface area contributed by atoms with Gasteiger partial charge in [0.05, 0.1) is 6.61 Å².